The molecule has 4 heteroatoms. The Morgan fingerprint density at radius 2 is 1.88 bits per heavy atom. The van der Waals surface area contributed by atoms with E-state index < -0.39 is 0 Å². The van der Waals surface area contributed by atoms with E-state index in [9.17, 15) is 4.79 Å². The van der Waals surface area contributed by atoms with Crippen LogP contribution < -0.4 is 0 Å². The first kappa shape index (κ1) is 13.5. The maximum Gasteiger partial charge on any atom is 0.307 e. The van der Waals surface area contributed by atoms with E-state index in [1.165, 1.54) is 7.11 Å². The second kappa shape index (κ2) is 5.64. The summed E-state index contributed by atoms with van der Waals surface area (Å²) >= 11 is 0. The number of methoxy groups -OCH3 is 1. The smallest absolute Gasteiger partial charge is 0.307 e. The normalized spacial score (nSPS) is 30.1. The molecule has 0 aromatic carbocycles. The van der Waals surface area contributed by atoms with E-state index in [1.807, 2.05) is 0 Å². The molecule has 0 aliphatic carbocycles. The van der Waals surface area contributed by atoms with Gasteiger partial charge in [-0.2, -0.15) is 0 Å². The lowest BCUT2D eigenvalue weighted by Crippen LogP contribution is -2.57. The molecule has 0 amide bonds. The highest BCUT2D eigenvalue weighted by atomic mass is 16.5. The van der Waals surface area contributed by atoms with E-state index in [4.69, 9.17) is 4.74 Å². The summed E-state index contributed by atoms with van der Waals surface area (Å²) in [5.74, 6) is -0.119. The molecule has 94 valence electrons. The number of hydrogen-bond acceptors (Lipinski definition) is 4. The van der Waals surface area contributed by atoms with Crippen LogP contribution >= 0.6 is 0 Å². The van der Waals surface area contributed by atoms with E-state index in [1.54, 1.807) is 0 Å². The molecule has 1 fully saturated rings. The molecule has 4 nitrogen and oxygen atoms in total. The van der Waals surface area contributed by atoms with Gasteiger partial charge in [0.25, 0.3) is 0 Å². The van der Waals surface area contributed by atoms with Crippen LogP contribution in [0.25, 0.3) is 0 Å². The number of carbonyl (C=O) groups excluding carboxylic acids is 1. The van der Waals surface area contributed by atoms with Crippen LogP contribution in [0.4, 0.5) is 0 Å². The molecule has 1 rings (SSSR count). The van der Waals surface area contributed by atoms with Crippen LogP contribution in [-0.4, -0.2) is 61.1 Å². The number of ether oxygens (including phenoxy) is 1. The maximum atomic E-state index is 11.2. The van der Waals surface area contributed by atoms with E-state index >= 15 is 0 Å². The second-order valence-electron chi connectivity index (χ2n) is 4.95. The third-order valence-electron chi connectivity index (χ3n) is 3.70. The Kier molecular flexibility index (Phi) is 4.74. The number of carbonyl (C=O) groups is 1. The Morgan fingerprint density at radius 3 is 2.31 bits per heavy atom. The number of piperazine rings is 1. The molecule has 0 N–H and O–H groups in total. The molecule has 0 aromatic rings. The molecule has 1 saturated heterocycles. The molecule has 16 heavy (non-hydrogen) atoms. The zero-order valence-corrected chi connectivity index (χ0v) is 11.1. The van der Waals surface area contributed by atoms with Gasteiger partial charge in [0.2, 0.25) is 0 Å². The summed E-state index contributed by atoms with van der Waals surface area (Å²) in [5, 5.41) is 0. The van der Waals surface area contributed by atoms with Crippen molar-refractivity contribution in [1.82, 2.24) is 9.80 Å². The standard InChI is InChI=1S/C12H24N2O2/c1-9(6-12(15)16-5)14-7-10(2)13(4)11(3)8-14/h9-11H,6-8H2,1-5H3. The lowest BCUT2D eigenvalue weighted by Gasteiger charge is -2.44. The first-order chi connectivity index (χ1) is 7.45. The van der Waals surface area contributed by atoms with E-state index in [2.05, 4.69) is 37.6 Å². The van der Waals surface area contributed by atoms with Gasteiger partial charge in [-0.3, -0.25) is 14.6 Å². The molecule has 3 atom stereocenters. The third-order valence-corrected chi connectivity index (χ3v) is 3.70. The minimum atomic E-state index is -0.119. The van der Waals surface area contributed by atoms with Gasteiger partial charge in [0.1, 0.15) is 0 Å². The van der Waals surface area contributed by atoms with Gasteiger partial charge in [-0.15, -0.1) is 0 Å². The van der Waals surface area contributed by atoms with E-state index in [0.717, 1.165) is 13.1 Å². The Morgan fingerprint density at radius 1 is 1.38 bits per heavy atom. The number of esters is 1. The Labute approximate surface area is 98.5 Å². The van der Waals surface area contributed by atoms with E-state index in [-0.39, 0.29) is 12.0 Å². The fourth-order valence-corrected chi connectivity index (χ4v) is 2.26. The maximum absolute atomic E-state index is 11.2. The van der Waals surface area contributed by atoms with Crippen LogP contribution in [0.1, 0.15) is 27.2 Å². The molecule has 0 bridgehead atoms. The molecule has 0 aromatic heterocycles. The minimum Gasteiger partial charge on any atom is -0.469 e. The highest BCUT2D eigenvalue weighted by Gasteiger charge is 2.29. The minimum absolute atomic E-state index is 0.119. The fraction of sp³-hybridized carbons (Fsp3) is 0.917. The summed E-state index contributed by atoms with van der Waals surface area (Å²) in [7, 11) is 3.61. The van der Waals surface area contributed by atoms with Crippen LogP contribution in [0.3, 0.4) is 0 Å². The highest BCUT2D eigenvalue weighted by molar-refractivity contribution is 5.69. The van der Waals surface area contributed by atoms with Crippen molar-refractivity contribution in [2.75, 3.05) is 27.2 Å². The van der Waals surface area contributed by atoms with Crippen LogP contribution in [0.5, 0.6) is 0 Å². The summed E-state index contributed by atoms with van der Waals surface area (Å²) in [6, 6.07) is 1.36. The summed E-state index contributed by atoms with van der Waals surface area (Å²) in [6.07, 6.45) is 0.486. The van der Waals surface area contributed by atoms with Gasteiger partial charge >= 0.3 is 5.97 Å². The largest absolute Gasteiger partial charge is 0.469 e. The third kappa shape index (κ3) is 3.19. The number of nitrogens with zero attached hydrogens (tertiary/aromatic N) is 2. The van der Waals surface area contributed by atoms with Crippen LogP contribution in [-0.2, 0) is 9.53 Å². The van der Waals surface area contributed by atoms with Gasteiger partial charge in [0.05, 0.1) is 13.5 Å². The summed E-state index contributed by atoms with van der Waals surface area (Å²) in [4.78, 5) is 16.0. The molecule has 0 radical (unpaired) electrons. The molecule has 0 saturated carbocycles. The van der Waals surface area contributed by atoms with Crippen molar-refractivity contribution in [1.29, 1.82) is 0 Å². The van der Waals surface area contributed by atoms with Crippen molar-refractivity contribution >= 4 is 5.97 Å². The van der Waals surface area contributed by atoms with Crippen molar-refractivity contribution in [3.05, 3.63) is 0 Å². The zero-order valence-electron chi connectivity index (χ0n) is 11.1. The molecule has 0 spiro atoms. The van der Waals surface area contributed by atoms with Gasteiger partial charge < -0.3 is 4.74 Å². The van der Waals surface area contributed by atoms with Crippen LogP contribution in [0, 0.1) is 0 Å². The zero-order chi connectivity index (χ0) is 12.3. The molecular formula is C12H24N2O2. The predicted molar refractivity (Wildman–Crippen MR) is 64.4 cm³/mol. The van der Waals surface area contributed by atoms with Gasteiger partial charge in [-0.1, -0.05) is 0 Å². The quantitative estimate of drug-likeness (QED) is 0.674. The highest BCUT2D eigenvalue weighted by Crippen LogP contribution is 2.17. The van der Waals surface area contributed by atoms with Crippen molar-refractivity contribution in [3.8, 4) is 0 Å². The molecule has 3 unspecified atom stereocenters. The van der Waals surface area contributed by atoms with Crippen molar-refractivity contribution < 1.29 is 9.53 Å². The number of rotatable bonds is 3. The average molecular weight is 228 g/mol. The van der Waals surface area contributed by atoms with Crippen molar-refractivity contribution in [2.24, 2.45) is 0 Å². The topological polar surface area (TPSA) is 32.8 Å². The van der Waals surface area contributed by atoms with Crippen molar-refractivity contribution in [2.45, 2.75) is 45.3 Å². The monoisotopic (exact) mass is 228 g/mol. The first-order valence-electron chi connectivity index (χ1n) is 5.98. The Bertz CT molecular complexity index is 233. The SMILES string of the molecule is COC(=O)CC(C)N1CC(C)N(C)C(C)C1. The summed E-state index contributed by atoms with van der Waals surface area (Å²) in [5.41, 5.74) is 0. The number of likely N-dealkylation sites (N-methyl/N-ethyl adjacent to an activating group) is 1. The lowest BCUT2D eigenvalue weighted by molar-refractivity contribution is -0.142. The van der Waals surface area contributed by atoms with Gasteiger partial charge in [-0.25, -0.2) is 0 Å². The Balaban J connectivity index is 2.51. The molecule has 1 aliphatic rings. The average Bonchev–Trinajstić information content (AvgIpc) is 2.24. The molecular weight excluding hydrogens is 204 g/mol. The van der Waals surface area contributed by atoms with Crippen LogP contribution in [0.2, 0.25) is 0 Å². The van der Waals surface area contributed by atoms with Gasteiger partial charge in [0, 0.05) is 31.2 Å². The van der Waals surface area contributed by atoms with Gasteiger partial charge in [-0.05, 0) is 27.8 Å². The Hall–Kier alpha value is -0.610. The fourth-order valence-electron chi connectivity index (χ4n) is 2.26. The first-order valence-corrected chi connectivity index (χ1v) is 5.98. The summed E-state index contributed by atoms with van der Waals surface area (Å²) in [6.45, 7) is 8.61. The second-order valence-corrected chi connectivity index (χ2v) is 4.95. The molecule has 1 heterocycles. The predicted octanol–water partition coefficient (Wildman–Crippen LogP) is 0.962. The lowest BCUT2D eigenvalue weighted by atomic mass is 10.1. The van der Waals surface area contributed by atoms with Gasteiger partial charge in [0.15, 0.2) is 0 Å². The number of hydrogen-bond donors (Lipinski definition) is 0. The van der Waals surface area contributed by atoms with Crippen molar-refractivity contribution in [3.63, 3.8) is 0 Å². The van der Waals surface area contributed by atoms with Crippen LogP contribution in [0.15, 0.2) is 0 Å². The summed E-state index contributed by atoms with van der Waals surface area (Å²) < 4.78 is 4.71. The van der Waals surface area contributed by atoms with E-state index in [0.29, 0.717) is 18.5 Å². The molecule has 1 aliphatic heterocycles.